The van der Waals surface area contributed by atoms with E-state index in [1.807, 2.05) is 31.7 Å². The summed E-state index contributed by atoms with van der Waals surface area (Å²) in [6, 6.07) is 0. The average Bonchev–Trinajstić information content (AvgIpc) is 2.46. The summed E-state index contributed by atoms with van der Waals surface area (Å²) in [7, 11) is 1.89. The highest BCUT2D eigenvalue weighted by atomic mass is 32.2. The van der Waals surface area contributed by atoms with Gasteiger partial charge in [0.15, 0.2) is 5.16 Å². The van der Waals surface area contributed by atoms with Crippen molar-refractivity contribution in [2.75, 3.05) is 5.75 Å². The highest BCUT2D eigenvalue weighted by Crippen LogP contribution is 2.14. The van der Waals surface area contributed by atoms with Gasteiger partial charge in [0, 0.05) is 19.4 Å². The van der Waals surface area contributed by atoms with Gasteiger partial charge in [-0.05, 0) is 13.8 Å². The first kappa shape index (κ1) is 11.1. The van der Waals surface area contributed by atoms with Gasteiger partial charge in [-0.2, -0.15) is 0 Å². The van der Waals surface area contributed by atoms with Crippen molar-refractivity contribution < 1.29 is 9.53 Å². The molecule has 1 aromatic heterocycles. The van der Waals surface area contributed by atoms with E-state index in [0.717, 1.165) is 5.16 Å². The second-order valence-electron chi connectivity index (χ2n) is 3.15. The van der Waals surface area contributed by atoms with Gasteiger partial charge in [0.2, 0.25) is 0 Å². The second-order valence-corrected chi connectivity index (χ2v) is 4.09. The Labute approximate surface area is 87.7 Å². The molecule has 0 N–H and O–H groups in total. The quantitative estimate of drug-likeness (QED) is 0.562. The summed E-state index contributed by atoms with van der Waals surface area (Å²) in [5.41, 5.74) is 0. The first-order chi connectivity index (χ1) is 6.59. The molecule has 0 amide bonds. The Balaban J connectivity index is 2.34. The summed E-state index contributed by atoms with van der Waals surface area (Å²) >= 11 is 1.38. The highest BCUT2D eigenvalue weighted by Gasteiger charge is 2.08. The number of nitrogens with zero attached hydrogens (tertiary/aromatic N) is 2. The van der Waals surface area contributed by atoms with E-state index in [1.54, 1.807) is 6.20 Å². The molecule has 0 saturated carbocycles. The topological polar surface area (TPSA) is 44.1 Å². The molecular formula is C9H14N2O2S. The van der Waals surface area contributed by atoms with E-state index in [9.17, 15) is 4.79 Å². The van der Waals surface area contributed by atoms with Crippen molar-refractivity contribution in [3.05, 3.63) is 12.4 Å². The van der Waals surface area contributed by atoms with Gasteiger partial charge >= 0.3 is 5.97 Å². The summed E-state index contributed by atoms with van der Waals surface area (Å²) < 4.78 is 6.86. The third-order valence-electron chi connectivity index (χ3n) is 1.46. The van der Waals surface area contributed by atoms with Crippen LogP contribution in [0.4, 0.5) is 0 Å². The summed E-state index contributed by atoms with van der Waals surface area (Å²) in [6.07, 6.45) is 3.50. The van der Waals surface area contributed by atoms with Crippen LogP contribution in [0.15, 0.2) is 17.6 Å². The number of hydrogen-bond acceptors (Lipinski definition) is 4. The van der Waals surface area contributed by atoms with E-state index >= 15 is 0 Å². The third-order valence-corrected chi connectivity index (χ3v) is 2.49. The zero-order valence-corrected chi connectivity index (χ0v) is 9.37. The number of imidazole rings is 1. The minimum absolute atomic E-state index is 0.0514. The van der Waals surface area contributed by atoms with Crippen LogP contribution in [0.5, 0.6) is 0 Å². The van der Waals surface area contributed by atoms with Crippen LogP contribution in [0.2, 0.25) is 0 Å². The van der Waals surface area contributed by atoms with Gasteiger partial charge in [0.25, 0.3) is 0 Å². The van der Waals surface area contributed by atoms with Gasteiger partial charge in [-0.15, -0.1) is 0 Å². The first-order valence-electron chi connectivity index (χ1n) is 4.39. The van der Waals surface area contributed by atoms with Crippen LogP contribution in [-0.4, -0.2) is 27.4 Å². The zero-order chi connectivity index (χ0) is 10.6. The molecule has 0 saturated heterocycles. The maximum Gasteiger partial charge on any atom is 0.316 e. The van der Waals surface area contributed by atoms with Crippen LogP contribution < -0.4 is 0 Å². The van der Waals surface area contributed by atoms with Crippen molar-refractivity contribution in [3.8, 4) is 0 Å². The van der Waals surface area contributed by atoms with Crippen molar-refractivity contribution in [2.24, 2.45) is 7.05 Å². The fourth-order valence-electron chi connectivity index (χ4n) is 0.911. The Morgan fingerprint density at radius 3 is 2.93 bits per heavy atom. The van der Waals surface area contributed by atoms with E-state index in [-0.39, 0.29) is 12.1 Å². The molecule has 5 heteroatoms. The Morgan fingerprint density at radius 1 is 1.71 bits per heavy atom. The Bertz CT molecular complexity index is 310. The molecule has 1 heterocycles. The van der Waals surface area contributed by atoms with Gasteiger partial charge in [-0.25, -0.2) is 4.98 Å². The van der Waals surface area contributed by atoms with Gasteiger partial charge in [-0.1, -0.05) is 11.8 Å². The molecule has 1 rings (SSSR count). The predicted octanol–water partition coefficient (Wildman–Crippen LogP) is 1.46. The summed E-state index contributed by atoms with van der Waals surface area (Å²) in [6.45, 7) is 3.67. The Hall–Kier alpha value is -0.970. The number of rotatable bonds is 4. The lowest BCUT2D eigenvalue weighted by molar-refractivity contribution is -0.144. The first-order valence-corrected chi connectivity index (χ1v) is 5.37. The lowest BCUT2D eigenvalue weighted by Gasteiger charge is -2.06. The van der Waals surface area contributed by atoms with Crippen molar-refractivity contribution in [1.29, 1.82) is 0 Å². The van der Waals surface area contributed by atoms with E-state index in [0.29, 0.717) is 5.75 Å². The van der Waals surface area contributed by atoms with Gasteiger partial charge in [0.1, 0.15) is 0 Å². The lowest BCUT2D eigenvalue weighted by Crippen LogP contribution is -2.13. The van der Waals surface area contributed by atoms with E-state index in [1.165, 1.54) is 11.8 Å². The molecule has 0 atom stereocenters. The van der Waals surface area contributed by atoms with E-state index in [2.05, 4.69) is 4.98 Å². The van der Waals surface area contributed by atoms with Crippen molar-refractivity contribution >= 4 is 17.7 Å². The maximum absolute atomic E-state index is 11.2. The van der Waals surface area contributed by atoms with Crippen LogP contribution in [0.25, 0.3) is 0 Å². The minimum Gasteiger partial charge on any atom is -0.462 e. The standard InChI is InChI=1S/C9H14N2O2S/c1-7(2)13-8(12)6-14-9-10-4-5-11(9)3/h4-5,7H,6H2,1-3H3. The maximum atomic E-state index is 11.2. The molecule has 0 radical (unpaired) electrons. The molecule has 0 aliphatic heterocycles. The summed E-state index contributed by atoms with van der Waals surface area (Å²) in [4.78, 5) is 15.3. The predicted molar refractivity (Wildman–Crippen MR) is 55.2 cm³/mol. The lowest BCUT2D eigenvalue weighted by atomic mass is 10.5. The molecule has 4 nitrogen and oxygen atoms in total. The number of aryl methyl sites for hydroxylation is 1. The van der Waals surface area contributed by atoms with Crippen LogP contribution >= 0.6 is 11.8 Å². The normalized spacial score (nSPS) is 10.6. The second kappa shape index (κ2) is 5.05. The molecule has 0 aliphatic carbocycles. The van der Waals surface area contributed by atoms with Crippen molar-refractivity contribution in [3.63, 3.8) is 0 Å². The number of aromatic nitrogens is 2. The molecule has 78 valence electrons. The van der Waals surface area contributed by atoms with Gasteiger partial charge < -0.3 is 9.30 Å². The smallest absolute Gasteiger partial charge is 0.316 e. The fourth-order valence-corrected chi connectivity index (χ4v) is 1.63. The molecule has 0 fully saturated rings. The number of hydrogen-bond donors (Lipinski definition) is 0. The summed E-state index contributed by atoms with van der Waals surface area (Å²) in [5, 5.41) is 0.825. The van der Waals surface area contributed by atoms with E-state index < -0.39 is 0 Å². The molecule has 0 bridgehead atoms. The highest BCUT2D eigenvalue weighted by molar-refractivity contribution is 7.99. The largest absolute Gasteiger partial charge is 0.462 e. The van der Waals surface area contributed by atoms with Crippen LogP contribution in [0, 0.1) is 0 Å². The van der Waals surface area contributed by atoms with Crippen LogP contribution in [0.3, 0.4) is 0 Å². The van der Waals surface area contributed by atoms with Gasteiger partial charge in [0.05, 0.1) is 11.9 Å². The molecular weight excluding hydrogens is 200 g/mol. The molecule has 1 aromatic rings. The molecule has 0 aliphatic rings. The number of ether oxygens (including phenoxy) is 1. The van der Waals surface area contributed by atoms with E-state index in [4.69, 9.17) is 4.74 Å². The minimum atomic E-state index is -0.201. The molecule has 0 unspecified atom stereocenters. The van der Waals surface area contributed by atoms with Crippen LogP contribution in [-0.2, 0) is 16.6 Å². The zero-order valence-electron chi connectivity index (χ0n) is 8.56. The third kappa shape index (κ3) is 3.41. The number of esters is 1. The van der Waals surface area contributed by atoms with Crippen LogP contribution in [0.1, 0.15) is 13.8 Å². The van der Waals surface area contributed by atoms with Crippen molar-refractivity contribution in [1.82, 2.24) is 9.55 Å². The molecule has 0 spiro atoms. The Kier molecular flexibility index (Phi) is 4.00. The number of thioether (sulfide) groups is 1. The van der Waals surface area contributed by atoms with Gasteiger partial charge in [-0.3, -0.25) is 4.79 Å². The Morgan fingerprint density at radius 2 is 2.43 bits per heavy atom. The molecule has 14 heavy (non-hydrogen) atoms. The monoisotopic (exact) mass is 214 g/mol. The SMILES string of the molecule is CC(C)OC(=O)CSc1nccn1C. The number of carbonyl (C=O) groups excluding carboxylic acids is 1. The van der Waals surface area contributed by atoms with Crippen molar-refractivity contribution in [2.45, 2.75) is 25.1 Å². The summed E-state index contributed by atoms with van der Waals surface area (Å²) in [5.74, 6) is 0.108. The number of carbonyl (C=O) groups is 1. The fraction of sp³-hybridized carbons (Fsp3) is 0.556. The molecule has 0 aromatic carbocycles. The average molecular weight is 214 g/mol.